The molecule has 1 aliphatic rings. The van der Waals surface area contributed by atoms with Crippen LogP contribution in [-0.4, -0.2) is 24.5 Å². The maximum absolute atomic E-state index is 13.3. The fourth-order valence-corrected chi connectivity index (χ4v) is 3.45. The van der Waals surface area contributed by atoms with Crippen molar-refractivity contribution < 1.29 is 31.1 Å². The van der Waals surface area contributed by atoms with Crippen molar-refractivity contribution in [3.05, 3.63) is 54.2 Å². The van der Waals surface area contributed by atoms with Crippen LogP contribution in [0.3, 0.4) is 0 Å². The van der Waals surface area contributed by atoms with Crippen LogP contribution in [0.1, 0.15) is 12.6 Å². The standard InChI is InChI=1S/C18H14F3N3O4S/c1-10-27-15-7-2-11(8-16(15)28-10)14-9-17(18(19,20)21)23-24(14)12-3-5-13(6-4-12)29(22,25)26/h2-10H,1H3,(H2,22,25,26). The molecule has 1 aromatic heterocycles. The topological polar surface area (TPSA) is 96.4 Å². The first-order valence-corrected chi connectivity index (χ1v) is 9.85. The van der Waals surface area contributed by atoms with Crippen LogP contribution in [0.15, 0.2) is 53.4 Å². The summed E-state index contributed by atoms with van der Waals surface area (Å²) in [6.45, 7) is 1.69. The Morgan fingerprint density at radius 1 is 1.03 bits per heavy atom. The zero-order valence-corrected chi connectivity index (χ0v) is 15.7. The number of alkyl halides is 3. The smallest absolute Gasteiger partial charge is 0.435 e. The van der Waals surface area contributed by atoms with Crippen molar-refractivity contribution >= 4 is 10.0 Å². The maximum atomic E-state index is 13.3. The number of nitrogens with two attached hydrogens (primary N) is 1. The van der Waals surface area contributed by atoms with Crippen LogP contribution in [0.2, 0.25) is 0 Å². The number of ether oxygens (including phenoxy) is 2. The molecule has 4 rings (SSSR count). The van der Waals surface area contributed by atoms with Crippen molar-refractivity contribution in [2.75, 3.05) is 0 Å². The first-order chi connectivity index (χ1) is 13.5. The van der Waals surface area contributed by atoms with Gasteiger partial charge in [-0.1, -0.05) is 0 Å². The van der Waals surface area contributed by atoms with Gasteiger partial charge < -0.3 is 9.47 Å². The van der Waals surface area contributed by atoms with Gasteiger partial charge in [0.15, 0.2) is 17.2 Å². The van der Waals surface area contributed by atoms with Crippen molar-refractivity contribution in [1.82, 2.24) is 9.78 Å². The molecule has 2 aromatic carbocycles. The van der Waals surface area contributed by atoms with E-state index in [9.17, 15) is 21.6 Å². The van der Waals surface area contributed by atoms with Crippen LogP contribution in [0.4, 0.5) is 13.2 Å². The average Bonchev–Trinajstić information content (AvgIpc) is 3.23. The predicted octanol–water partition coefficient (Wildman–Crippen LogP) is 3.32. The fraction of sp³-hybridized carbons (Fsp3) is 0.167. The second kappa shape index (κ2) is 6.49. The number of halogens is 3. The molecule has 2 N–H and O–H groups in total. The third kappa shape index (κ3) is 3.66. The first kappa shape index (κ1) is 19.3. The highest BCUT2D eigenvalue weighted by atomic mass is 32.2. The Bertz CT molecular complexity index is 1190. The summed E-state index contributed by atoms with van der Waals surface area (Å²) >= 11 is 0. The van der Waals surface area contributed by atoms with Crippen LogP contribution in [0.25, 0.3) is 16.9 Å². The average molecular weight is 425 g/mol. The molecule has 152 valence electrons. The van der Waals surface area contributed by atoms with E-state index in [1.807, 2.05) is 0 Å². The normalized spacial score (nSPS) is 16.2. The Kier molecular flexibility index (Phi) is 4.32. The summed E-state index contributed by atoms with van der Waals surface area (Å²) in [6, 6.07) is 10.7. The summed E-state index contributed by atoms with van der Waals surface area (Å²) < 4.78 is 74.7. The summed E-state index contributed by atoms with van der Waals surface area (Å²) in [5, 5.41) is 8.73. The highest BCUT2D eigenvalue weighted by Crippen LogP contribution is 2.40. The minimum absolute atomic E-state index is 0.145. The van der Waals surface area contributed by atoms with E-state index in [2.05, 4.69) is 5.10 Å². The number of primary sulfonamides is 1. The van der Waals surface area contributed by atoms with Gasteiger partial charge in [-0.15, -0.1) is 0 Å². The van der Waals surface area contributed by atoms with Gasteiger partial charge in [0, 0.05) is 12.5 Å². The largest absolute Gasteiger partial charge is 0.451 e. The van der Waals surface area contributed by atoms with Gasteiger partial charge in [-0.05, 0) is 48.5 Å². The molecule has 0 saturated heterocycles. The molecule has 1 atom stereocenters. The summed E-state index contributed by atoms with van der Waals surface area (Å²) in [4.78, 5) is -0.164. The minimum atomic E-state index is -4.66. The van der Waals surface area contributed by atoms with Crippen LogP contribution < -0.4 is 14.6 Å². The minimum Gasteiger partial charge on any atom is -0.451 e. The Balaban J connectivity index is 1.84. The molecule has 1 unspecified atom stereocenters. The zero-order valence-electron chi connectivity index (χ0n) is 14.8. The lowest BCUT2D eigenvalue weighted by Gasteiger charge is -2.09. The van der Waals surface area contributed by atoms with Crippen LogP contribution in [0, 0.1) is 0 Å². The number of fused-ring (bicyclic) bond motifs is 1. The van der Waals surface area contributed by atoms with Gasteiger partial charge in [0.05, 0.1) is 16.3 Å². The molecule has 29 heavy (non-hydrogen) atoms. The van der Waals surface area contributed by atoms with E-state index in [1.54, 1.807) is 25.1 Å². The Morgan fingerprint density at radius 3 is 2.31 bits per heavy atom. The number of benzene rings is 2. The van der Waals surface area contributed by atoms with Crippen LogP contribution in [-0.2, 0) is 16.2 Å². The zero-order chi connectivity index (χ0) is 21.0. The number of hydrogen-bond acceptors (Lipinski definition) is 5. The fourth-order valence-electron chi connectivity index (χ4n) is 2.94. The Hall–Kier alpha value is -3.05. The van der Waals surface area contributed by atoms with Crippen molar-refractivity contribution in [1.29, 1.82) is 0 Å². The number of hydrogen-bond donors (Lipinski definition) is 1. The van der Waals surface area contributed by atoms with E-state index in [-0.39, 0.29) is 16.3 Å². The van der Waals surface area contributed by atoms with Gasteiger partial charge in [-0.2, -0.15) is 18.3 Å². The van der Waals surface area contributed by atoms with Gasteiger partial charge in [0.1, 0.15) is 0 Å². The van der Waals surface area contributed by atoms with Crippen molar-refractivity contribution in [2.45, 2.75) is 24.3 Å². The summed E-state index contributed by atoms with van der Waals surface area (Å²) in [7, 11) is -3.93. The van der Waals surface area contributed by atoms with E-state index < -0.39 is 28.2 Å². The van der Waals surface area contributed by atoms with Crippen LogP contribution in [0.5, 0.6) is 11.5 Å². The second-order valence-electron chi connectivity index (χ2n) is 6.33. The number of rotatable bonds is 3. The van der Waals surface area contributed by atoms with Gasteiger partial charge in [-0.25, -0.2) is 18.2 Å². The number of sulfonamides is 1. The molecule has 0 fully saturated rings. The molecule has 7 nitrogen and oxygen atoms in total. The molecule has 3 aromatic rings. The molecule has 0 radical (unpaired) electrons. The summed E-state index contributed by atoms with van der Waals surface area (Å²) in [5.74, 6) is 0.891. The predicted molar refractivity (Wildman–Crippen MR) is 96.1 cm³/mol. The molecule has 2 heterocycles. The van der Waals surface area contributed by atoms with Gasteiger partial charge >= 0.3 is 6.18 Å². The molecule has 1 aliphatic heterocycles. The third-order valence-electron chi connectivity index (χ3n) is 4.23. The molecule has 0 spiro atoms. The Labute approximate surface area is 163 Å². The lowest BCUT2D eigenvalue weighted by atomic mass is 10.1. The van der Waals surface area contributed by atoms with Crippen molar-refractivity contribution in [3.8, 4) is 28.4 Å². The Morgan fingerprint density at radius 2 is 1.69 bits per heavy atom. The number of nitrogens with zero attached hydrogens (tertiary/aromatic N) is 2. The summed E-state index contributed by atoms with van der Waals surface area (Å²) in [5.41, 5.74) is -0.297. The molecular weight excluding hydrogens is 411 g/mol. The second-order valence-corrected chi connectivity index (χ2v) is 7.89. The van der Waals surface area contributed by atoms with E-state index >= 15 is 0 Å². The molecule has 0 aliphatic carbocycles. The molecular formula is C18H14F3N3O4S. The lowest BCUT2D eigenvalue weighted by molar-refractivity contribution is -0.141. The highest BCUT2D eigenvalue weighted by Gasteiger charge is 2.35. The molecule has 11 heteroatoms. The van der Waals surface area contributed by atoms with E-state index in [1.165, 1.54) is 24.3 Å². The van der Waals surface area contributed by atoms with Gasteiger partial charge in [0.25, 0.3) is 0 Å². The van der Waals surface area contributed by atoms with Gasteiger partial charge in [0.2, 0.25) is 16.3 Å². The van der Waals surface area contributed by atoms with E-state index in [4.69, 9.17) is 14.6 Å². The highest BCUT2D eigenvalue weighted by molar-refractivity contribution is 7.89. The lowest BCUT2D eigenvalue weighted by Crippen LogP contribution is -2.12. The quantitative estimate of drug-likeness (QED) is 0.695. The number of aromatic nitrogens is 2. The van der Waals surface area contributed by atoms with Crippen molar-refractivity contribution in [2.24, 2.45) is 5.14 Å². The molecule has 0 saturated carbocycles. The SMILES string of the molecule is CC1Oc2ccc(-c3cc(C(F)(F)F)nn3-c3ccc(S(N)(=O)=O)cc3)cc2O1. The van der Waals surface area contributed by atoms with Crippen molar-refractivity contribution in [3.63, 3.8) is 0 Å². The molecule has 0 amide bonds. The summed E-state index contributed by atoms with van der Waals surface area (Å²) in [6.07, 6.45) is -5.16. The monoisotopic (exact) mass is 425 g/mol. The van der Waals surface area contributed by atoms with E-state index in [0.29, 0.717) is 17.1 Å². The van der Waals surface area contributed by atoms with Gasteiger partial charge in [-0.3, -0.25) is 0 Å². The molecule has 0 bridgehead atoms. The van der Waals surface area contributed by atoms with E-state index in [0.717, 1.165) is 10.7 Å². The maximum Gasteiger partial charge on any atom is 0.435 e. The first-order valence-electron chi connectivity index (χ1n) is 8.30. The van der Waals surface area contributed by atoms with Crippen LogP contribution >= 0.6 is 0 Å². The third-order valence-corrected chi connectivity index (χ3v) is 5.16.